The molecule has 0 rings (SSSR count). The van der Waals surface area contributed by atoms with E-state index in [0.717, 1.165) is 6.54 Å². The van der Waals surface area contributed by atoms with E-state index in [9.17, 15) is 4.79 Å². The van der Waals surface area contributed by atoms with Gasteiger partial charge in [0.05, 0.1) is 0 Å². The smallest absolute Gasteiger partial charge is 0.221 e. The van der Waals surface area contributed by atoms with Gasteiger partial charge >= 0.3 is 0 Å². The molecule has 74 valence electrons. The van der Waals surface area contributed by atoms with Crippen LogP contribution in [0, 0.1) is 12.3 Å². The Morgan fingerprint density at radius 3 is 2.69 bits per heavy atom. The standard InChI is InChI=1S/C10H18N2O/c1-4-5-7-12-10(13)6-8-11-9(2)3/h1,9,11H,5-8H2,2-3H3,(H,12,13). The number of rotatable bonds is 6. The van der Waals surface area contributed by atoms with Crippen molar-refractivity contribution >= 4 is 5.91 Å². The van der Waals surface area contributed by atoms with Crippen LogP contribution in [0.5, 0.6) is 0 Å². The molecule has 13 heavy (non-hydrogen) atoms. The molecule has 0 aromatic carbocycles. The van der Waals surface area contributed by atoms with Gasteiger partial charge in [-0.1, -0.05) is 13.8 Å². The summed E-state index contributed by atoms with van der Waals surface area (Å²) < 4.78 is 0. The minimum Gasteiger partial charge on any atom is -0.355 e. The summed E-state index contributed by atoms with van der Waals surface area (Å²) in [6, 6.07) is 0.429. The summed E-state index contributed by atoms with van der Waals surface area (Å²) in [5.74, 6) is 2.53. The third kappa shape index (κ3) is 8.90. The molecule has 0 aromatic rings. The van der Waals surface area contributed by atoms with Crippen molar-refractivity contribution in [1.82, 2.24) is 10.6 Å². The van der Waals surface area contributed by atoms with E-state index in [0.29, 0.717) is 25.4 Å². The average Bonchev–Trinajstić information content (AvgIpc) is 2.04. The van der Waals surface area contributed by atoms with Crippen LogP contribution in [0.4, 0.5) is 0 Å². The first-order chi connectivity index (χ1) is 6.16. The topological polar surface area (TPSA) is 41.1 Å². The van der Waals surface area contributed by atoms with Crippen molar-refractivity contribution < 1.29 is 4.79 Å². The molecule has 0 atom stereocenters. The van der Waals surface area contributed by atoms with Crippen molar-refractivity contribution in [2.75, 3.05) is 13.1 Å². The molecule has 0 aromatic heterocycles. The molecule has 0 radical (unpaired) electrons. The second kappa shape index (κ2) is 7.63. The molecule has 3 heteroatoms. The molecule has 0 unspecified atom stereocenters. The molecule has 0 saturated heterocycles. The largest absolute Gasteiger partial charge is 0.355 e. The number of carbonyl (C=O) groups excluding carboxylic acids is 1. The Hall–Kier alpha value is -1.01. The number of hydrogen-bond donors (Lipinski definition) is 2. The molecule has 0 spiro atoms. The summed E-state index contributed by atoms with van der Waals surface area (Å²) in [6.45, 7) is 5.41. The Kier molecular flexibility index (Phi) is 7.04. The van der Waals surface area contributed by atoms with Crippen molar-refractivity contribution in [3.63, 3.8) is 0 Å². The quantitative estimate of drug-likeness (QED) is 0.464. The number of hydrogen-bond acceptors (Lipinski definition) is 2. The lowest BCUT2D eigenvalue weighted by Crippen LogP contribution is -2.30. The number of carbonyl (C=O) groups is 1. The molecular weight excluding hydrogens is 164 g/mol. The Balaban J connectivity index is 3.26. The predicted octanol–water partition coefficient (Wildman–Crippen LogP) is 0.514. The Labute approximate surface area is 80.3 Å². The van der Waals surface area contributed by atoms with E-state index in [1.807, 2.05) is 0 Å². The van der Waals surface area contributed by atoms with E-state index in [-0.39, 0.29) is 5.91 Å². The van der Waals surface area contributed by atoms with Crippen LogP contribution in [0.15, 0.2) is 0 Å². The summed E-state index contributed by atoms with van der Waals surface area (Å²) in [5, 5.41) is 5.90. The monoisotopic (exact) mass is 182 g/mol. The summed E-state index contributed by atoms with van der Waals surface area (Å²) in [4.78, 5) is 11.1. The van der Waals surface area contributed by atoms with E-state index in [4.69, 9.17) is 6.42 Å². The SMILES string of the molecule is C#CCCNC(=O)CCNC(C)C. The van der Waals surface area contributed by atoms with Gasteiger partial charge in [0.25, 0.3) is 0 Å². The van der Waals surface area contributed by atoms with Crippen LogP contribution in [0.3, 0.4) is 0 Å². The highest BCUT2D eigenvalue weighted by atomic mass is 16.1. The van der Waals surface area contributed by atoms with E-state index in [1.54, 1.807) is 0 Å². The van der Waals surface area contributed by atoms with Gasteiger partial charge in [-0.05, 0) is 0 Å². The van der Waals surface area contributed by atoms with Gasteiger partial charge in [0.15, 0.2) is 0 Å². The maximum absolute atomic E-state index is 11.1. The van der Waals surface area contributed by atoms with Gasteiger partial charge in [-0.15, -0.1) is 12.3 Å². The summed E-state index contributed by atoms with van der Waals surface area (Å²) >= 11 is 0. The van der Waals surface area contributed by atoms with E-state index < -0.39 is 0 Å². The molecule has 0 heterocycles. The Bertz CT molecular complexity index is 182. The highest BCUT2D eigenvalue weighted by molar-refractivity contribution is 5.76. The molecule has 0 saturated carbocycles. The van der Waals surface area contributed by atoms with Crippen LogP contribution in [-0.4, -0.2) is 25.0 Å². The predicted molar refractivity (Wildman–Crippen MR) is 54.2 cm³/mol. The first-order valence-electron chi connectivity index (χ1n) is 4.60. The third-order valence-electron chi connectivity index (χ3n) is 1.50. The van der Waals surface area contributed by atoms with Crippen molar-refractivity contribution in [1.29, 1.82) is 0 Å². The maximum atomic E-state index is 11.1. The fourth-order valence-corrected chi connectivity index (χ4v) is 0.837. The van der Waals surface area contributed by atoms with Gasteiger partial charge < -0.3 is 10.6 Å². The second-order valence-electron chi connectivity index (χ2n) is 3.16. The zero-order valence-electron chi connectivity index (χ0n) is 8.39. The third-order valence-corrected chi connectivity index (χ3v) is 1.50. The first kappa shape index (κ1) is 12.0. The lowest BCUT2D eigenvalue weighted by molar-refractivity contribution is -0.120. The number of amides is 1. The molecule has 3 nitrogen and oxygen atoms in total. The molecule has 0 aliphatic rings. The number of terminal acetylenes is 1. The highest BCUT2D eigenvalue weighted by Crippen LogP contribution is 1.81. The zero-order valence-corrected chi connectivity index (χ0v) is 8.39. The summed E-state index contributed by atoms with van der Waals surface area (Å²) in [7, 11) is 0. The Morgan fingerprint density at radius 2 is 2.15 bits per heavy atom. The van der Waals surface area contributed by atoms with Crippen LogP contribution in [0.1, 0.15) is 26.7 Å². The van der Waals surface area contributed by atoms with Crippen molar-refractivity contribution in [2.24, 2.45) is 0 Å². The van der Waals surface area contributed by atoms with E-state index in [1.165, 1.54) is 0 Å². The first-order valence-corrected chi connectivity index (χ1v) is 4.60. The lowest BCUT2D eigenvalue weighted by Gasteiger charge is -2.07. The van der Waals surface area contributed by atoms with Crippen molar-refractivity contribution in [3.05, 3.63) is 0 Å². The highest BCUT2D eigenvalue weighted by Gasteiger charge is 1.99. The van der Waals surface area contributed by atoms with Crippen LogP contribution < -0.4 is 10.6 Å². The normalized spacial score (nSPS) is 9.69. The average molecular weight is 182 g/mol. The van der Waals surface area contributed by atoms with Gasteiger partial charge in [0.2, 0.25) is 5.91 Å². The fourth-order valence-electron chi connectivity index (χ4n) is 0.837. The van der Waals surface area contributed by atoms with Crippen LogP contribution in [0.2, 0.25) is 0 Å². The van der Waals surface area contributed by atoms with E-state index >= 15 is 0 Å². The molecule has 2 N–H and O–H groups in total. The molecule has 0 bridgehead atoms. The maximum Gasteiger partial charge on any atom is 0.221 e. The minimum atomic E-state index is 0.0587. The van der Waals surface area contributed by atoms with Gasteiger partial charge in [-0.2, -0.15) is 0 Å². The molecule has 1 amide bonds. The Morgan fingerprint density at radius 1 is 1.46 bits per heavy atom. The summed E-state index contributed by atoms with van der Waals surface area (Å²) in [5.41, 5.74) is 0. The lowest BCUT2D eigenvalue weighted by atomic mass is 10.3. The van der Waals surface area contributed by atoms with Crippen LogP contribution in [0.25, 0.3) is 0 Å². The van der Waals surface area contributed by atoms with E-state index in [2.05, 4.69) is 30.4 Å². The fraction of sp³-hybridized carbons (Fsp3) is 0.700. The molecular formula is C10H18N2O. The summed E-state index contributed by atoms with van der Waals surface area (Å²) in [6.07, 6.45) is 6.16. The second-order valence-corrected chi connectivity index (χ2v) is 3.16. The van der Waals surface area contributed by atoms with Crippen molar-refractivity contribution in [3.8, 4) is 12.3 Å². The van der Waals surface area contributed by atoms with Crippen LogP contribution >= 0.6 is 0 Å². The van der Waals surface area contributed by atoms with Gasteiger partial charge in [-0.25, -0.2) is 0 Å². The van der Waals surface area contributed by atoms with Gasteiger partial charge in [-0.3, -0.25) is 4.79 Å². The van der Waals surface area contributed by atoms with Gasteiger partial charge in [0.1, 0.15) is 0 Å². The van der Waals surface area contributed by atoms with Gasteiger partial charge in [0, 0.05) is 32.0 Å². The molecule has 0 fully saturated rings. The van der Waals surface area contributed by atoms with Crippen LogP contribution in [-0.2, 0) is 4.79 Å². The number of nitrogens with one attached hydrogen (secondary N) is 2. The van der Waals surface area contributed by atoms with Crippen molar-refractivity contribution in [2.45, 2.75) is 32.7 Å². The molecule has 0 aliphatic heterocycles. The molecule has 0 aliphatic carbocycles. The zero-order chi connectivity index (χ0) is 10.1. The minimum absolute atomic E-state index is 0.0587.